The van der Waals surface area contributed by atoms with Crippen LogP contribution < -0.4 is 0 Å². The summed E-state index contributed by atoms with van der Waals surface area (Å²) in [5, 5.41) is 0. The first kappa shape index (κ1) is 16.7. The maximum atomic E-state index is 13.7. The average Bonchev–Trinajstić information content (AvgIpc) is 3.02. The van der Waals surface area contributed by atoms with E-state index in [2.05, 4.69) is 32.0 Å². The second-order valence-corrected chi connectivity index (χ2v) is 6.76. The van der Waals surface area contributed by atoms with Crippen LogP contribution in [-0.4, -0.2) is 17.4 Å². The fourth-order valence-electron chi connectivity index (χ4n) is 3.70. The van der Waals surface area contributed by atoms with Gasteiger partial charge in [-0.3, -0.25) is 4.79 Å². The minimum atomic E-state index is -0.224. The average molecular weight is 325 g/mol. The Hall–Kier alpha value is -2.16. The molecule has 2 nitrogen and oxygen atoms in total. The van der Waals surface area contributed by atoms with Gasteiger partial charge < -0.3 is 4.90 Å². The first-order chi connectivity index (χ1) is 11.5. The Morgan fingerprint density at radius 2 is 1.88 bits per heavy atom. The largest absolute Gasteiger partial charge is 0.336 e. The second kappa shape index (κ2) is 7.16. The fourth-order valence-corrected chi connectivity index (χ4v) is 3.70. The number of nitrogens with zero attached hydrogens (tertiary/aromatic N) is 1. The number of carbonyl (C=O) groups excluding carboxylic acids is 1. The maximum Gasteiger partial charge on any atom is 0.223 e. The van der Waals surface area contributed by atoms with Gasteiger partial charge in [-0.15, -0.1) is 0 Å². The summed E-state index contributed by atoms with van der Waals surface area (Å²) in [5.74, 6) is -0.0995. The Morgan fingerprint density at radius 3 is 2.58 bits per heavy atom. The van der Waals surface area contributed by atoms with E-state index in [1.165, 1.54) is 22.8 Å². The van der Waals surface area contributed by atoms with Gasteiger partial charge >= 0.3 is 0 Å². The standard InChI is InChI=1S/C21H24FNO/c1-15-12-16(2)14-18(13-15)20-8-5-11-23(20)21(24)10-9-17-6-3-4-7-19(17)22/h3-4,6-7,12-14,20H,5,8-11H2,1-2H3. The van der Waals surface area contributed by atoms with E-state index in [4.69, 9.17) is 0 Å². The highest BCUT2D eigenvalue weighted by molar-refractivity contribution is 5.77. The van der Waals surface area contributed by atoms with Crippen molar-refractivity contribution in [2.75, 3.05) is 6.54 Å². The molecule has 3 heteroatoms. The predicted octanol–water partition coefficient (Wildman–Crippen LogP) is 4.74. The number of hydrogen-bond acceptors (Lipinski definition) is 1. The Morgan fingerprint density at radius 1 is 1.17 bits per heavy atom. The fraction of sp³-hybridized carbons (Fsp3) is 0.381. The van der Waals surface area contributed by atoms with Gasteiger partial charge in [0.15, 0.2) is 0 Å². The summed E-state index contributed by atoms with van der Waals surface area (Å²) in [6, 6.07) is 13.4. The van der Waals surface area contributed by atoms with Crippen molar-refractivity contribution >= 4 is 5.91 Å². The zero-order valence-corrected chi connectivity index (χ0v) is 14.4. The van der Waals surface area contributed by atoms with Gasteiger partial charge in [0.2, 0.25) is 5.91 Å². The Kier molecular flexibility index (Phi) is 4.98. The van der Waals surface area contributed by atoms with Crippen molar-refractivity contribution < 1.29 is 9.18 Å². The molecule has 2 aromatic carbocycles. The molecule has 0 aromatic heterocycles. The molecule has 2 aromatic rings. The van der Waals surface area contributed by atoms with E-state index < -0.39 is 0 Å². The highest BCUT2D eigenvalue weighted by Crippen LogP contribution is 2.33. The topological polar surface area (TPSA) is 20.3 Å². The second-order valence-electron chi connectivity index (χ2n) is 6.76. The third-order valence-electron chi connectivity index (χ3n) is 4.77. The van der Waals surface area contributed by atoms with Crippen LogP contribution in [0.25, 0.3) is 0 Å². The Bertz CT molecular complexity index is 720. The number of likely N-dealkylation sites (tertiary alicyclic amines) is 1. The van der Waals surface area contributed by atoms with Crippen molar-refractivity contribution in [3.8, 4) is 0 Å². The van der Waals surface area contributed by atoms with E-state index >= 15 is 0 Å². The molecule has 24 heavy (non-hydrogen) atoms. The minimum absolute atomic E-state index is 0.125. The van der Waals surface area contributed by atoms with Crippen molar-refractivity contribution in [3.05, 3.63) is 70.5 Å². The third kappa shape index (κ3) is 3.66. The number of hydrogen-bond donors (Lipinski definition) is 0. The zero-order chi connectivity index (χ0) is 17.1. The molecule has 1 aliphatic heterocycles. The van der Waals surface area contributed by atoms with Crippen molar-refractivity contribution in [1.29, 1.82) is 0 Å². The first-order valence-electron chi connectivity index (χ1n) is 8.65. The van der Waals surface area contributed by atoms with Crippen LogP contribution in [0.15, 0.2) is 42.5 Å². The smallest absolute Gasteiger partial charge is 0.223 e. The van der Waals surface area contributed by atoms with E-state index in [1.54, 1.807) is 12.1 Å². The third-order valence-corrected chi connectivity index (χ3v) is 4.77. The van der Waals surface area contributed by atoms with E-state index in [0.29, 0.717) is 18.4 Å². The lowest BCUT2D eigenvalue weighted by atomic mass is 9.99. The van der Waals surface area contributed by atoms with Crippen molar-refractivity contribution in [2.24, 2.45) is 0 Å². The molecule has 0 saturated carbocycles. The number of carbonyl (C=O) groups is 1. The lowest BCUT2D eigenvalue weighted by Crippen LogP contribution is -2.30. The lowest BCUT2D eigenvalue weighted by Gasteiger charge is -2.26. The summed E-state index contributed by atoms with van der Waals surface area (Å²) >= 11 is 0. The summed E-state index contributed by atoms with van der Waals surface area (Å²) in [4.78, 5) is 14.7. The molecule has 126 valence electrons. The molecule has 1 atom stereocenters. The van der Waals surface area contributed by atoms with Crippen molar-refractivity contribution in [3.63, 3.8) is 0 Å². The highest BCUT2D eigenvalue weighted by Gasteiger charge is 2.29. The van der Waals surface area contributed by atoms with E-state index in [1.807, 2.05) is 11.0 Å². The van der Waals surface area contributed by atoms with Crippen LogP contribution in [0, 0.1) is 19.7 Å². The van der Waals surface area contributed by atoms with Gasteiger partial charge in [-0.05, 0) is 50.3 Å². The van der Waals surface area contributed by atoms with Crippen molar-refractivity contribution in [1.82, 2.24) is 4.90 Å². The molecule has 1 heterocycles. The quantitative estimate of drug-likeness (QED) is 0.795. The van der Waals surface area contributed by atoms with E-state index in [9.17, 15) is 9.18 Å². The van der Waals surface area contributed by atoms with Crippen LogP contribution in [0.5, 0.6) is 0 Å². The molecular weight excluding hydrogens is 301 g/mol. The maximum absolute atomic E-state index is 13.7. The number of halogens is 1. The Labute approximate surface area is 143 Å². The number of rotatable bonds is 4. The van der Waals surface area contributed by atoms with Gasteiger partial charge in [0, 0.05) is 13.0 Å². The van der Waals surface area contributed by atoms with Crippen LogP contribution in [-0.2, 0) is 11.2 Å². The Balaban J connectivity index is 1.70. The molecule has 0 bridgehead atoms. The van der Waals surface area contributed by atoms with Crippen molar-refractivity contribution in [2.45, 2.75) is 45.6 Å². The molecule has 0 N–H and O–H groups in total. The van der Waals surface area contributed by atoms with E-state index in [-0.39, 0.29) is 17.8 Å². The molecule has 0 spiro atoms. The number of benzene rings is 2. The SMILES string of the molecule is Cc1cc(C)cc(C2CCCN2C(=O)CCc2ccccc2F)c1. The van der Waals surface area contributed by atoms with Crippen LogP contribution >= 0.6 is 0 Å². The van der Waals surface area contributed by atoms with Gasteiger partial charge in [0.1, 0.15) is 5.82 Å². The normalized spacial score (nSPS) is 17.3. The molecule has 1 fully saturated rings. The molecule has 3 rings (SSSR count). The van der Waals surface area contributed by atoms with Gasteiger partial charge in [0.05, 0.1) is 6.04 Å². The minimum Gasteiger partial charge on any atom is -0.336 e. The zero-order valence-electron chi connectivity index (χ0n) is 14.4. The molecule has 1 amide bonds. The summed E-state index contributed by atoms with van der Waals surface area (Å²) in [6.07, 6.45) is 2.86. The molecule has 1 saturated heterocycles. The van der Waals surface area contributed by atoms with Gasteiger partial charge in [-0.25, -0.2) is 4.39 Å². The number of aryl methyl sites for hydroxylation is 3. The van der Waals surface area contributed by atoms with Gasteiger partial charge in [-0.2, -0.15) is 0 Å². The van der Waals surface area contributed by atoms with E-state index in [0.717, 1.165) is 19.4 Å². The molecular formula is C21H24FNO. The van der Waals surface area contributed by atoms with Crippen LogP contribution in [0.3, 0.4) is 0 Å². The summed E-state index contributed by atoms with van der Waals surface area (Å²) in [7, 11) is 0. The molecule has 1 aliphatic rings. The summed E-state index contributed by atoms with van der Waals surface area (Å²) in [6.45, 7) is 4.99. The summed E-state index contributed by atoms with van der Waals surface area (Å²) < 4.78 is 13.7. The van der Waals surface area contributed by atoms with Crippen LogP contribution in [0.4, 0.5) is 4.39 Å². The van der Waals surface area contributed by atoms with Crippen LogP contribution in [0.2, 0.25) is 0 Å². The molecule has 0 radical (unpaired) electrons. The summed E-state index contributed by atoms with van der Waals surface area (Å²) in [5.41, 5.74) is 4.31. The number of amides is 1. The lowest BCUT2D eigenvalue weighted by molar-refractivity contribution is -0.132. The first-order valence-corrected chi connectivity index (χ1v) is 8.65. The van der Waals surface area contributed by atoms with Gasteiger partial charge in [-0.1, -0.05) is 47.5 Å². The monoisotopic (exact) mass is 325 g/mol. The van der Waals surface area contributed by atoms with Crippen LogP contribution in [0.1, 0.15) is 47.6 Å². The van der Waals surface area contributed by atoms with Gasteiger partial charge in [0.25, 0.3) is 0 Å². The predicted molar refractivity (Wildman–Crippen MR) is 94.3 cm³/mol. The molecule has 1 unspecified atom stereocenters. The molecule has 0 aliphatic carbocycles. The highest BCUT2D eigenvalue weighted by atomic mass is 19.1.